The van der Waals surface area contributed by atoms with E-state index < -0.39 is 0 Å². The molecule has 0 aliphatic carbocycles. The highest BCUT2D eigenvalue weighted by Crippen LogP contribution is 2.28. The van der Waals surface area contributed by atoms with E-state index in [4.69, 9.17) is 5.26 Å². The van der Waals surface area contributed by atoms with Gasteiger partial charge in [0, 0.05) is 44.3 Å². The van der Waals surface area contributed by atoms with E-state index >= 15 is 0 Å². The van der Waals surface area contributed by atoms with Crippen LogP contribution in [0.15, 0.2) is 36.0 Å². The van der Waals surface area contributed by atoms with E-state index in [2.05, 4.69) is 53.8 Å². The van der Waals surface area contributed by atoms with E-state index in [-0.39, 0.29) is 22.5 Å². The summed E-state index contributed by atoms with van der Waals surface area (Å²) in [6, 6.07) is 10.1. The van der Waals surface area contributed by atoms with Crippen molar-refractivity contribution in [3.8, 4) is 6.07 Å². The smallest absolute Gasteiger partial charge is 0.168 e. The van der Waals surface area contributed by atoms with Crippen LogP contribution in [0.2, 0.25) is 0 Å². The maximum Gasteiger partial charge on any atom is 0.168 e. The Morgan fingerprint density at radius 3 is 2.38 bits per heavy atom. The van der Waals surface area contributed by atoms with Crippen molar-refractivity contribution < 1.29 is 21.6 Å². The van der Waals surface area contributed by atoms with E-state index in [1.54, 1.807) is 0 Å². The molecule has 2 heterocycles. The van der Waals surface area contributed by atoms with Crippen LogP contribution in [0.3, 0.4) is 0 Å². The normalized spacial score (nSPS) is 19.6. The maximum absolute atomic E-state index is 8.91. The van der Waals surface area contributed by atoms with Gasteiger partial charge in [-0.1, -0.05) is 12.1 Å². The average molecular weight is 388 g/mol. The third kappa shape index (κ3) is 4.27. The van der Waals surface area contributed by atoms with Gasteiger partial charge in [-0.25, -0.2) is 4.58 Å². The van der Waals surface area contributed by atoms with Crippen molar-refractivity contribution in [3.05, 3.63) is 47.2 Å². The van der Waals surface area contributed by atoms with Crippen molar-refractivity contribution in [2.75, 3.05) is 13.1 Å². The molecule has 0 unspecified atom stereocenters. The minimum Gasteiger partial charge on any atom is -1.00 e. The lowest BCUT2D eigenvalue weighted by Crippen LogP contribution is -3.00. The molecule has 24 heavy (non-hydrogen) atoms. The zero-order chi connectivity index (χ0) is 16.3. The van der Waals surface area contributed by atoms with E-state index in [0.717, 1.165) is 18.5 Å². The van der Waals surface area contributed by atoms with Gasteiger partial charge in [0.25, 0.3) is 0 Å². The SMILES string of the molecule is CC1(C)CC(N2CCCCC2)=CC=[N+]1Cc1ccc(C#N)cc1.[Br-]. The van der Waals surface area contributed by atoms with Crippen molar-refractivity contribution in [1.82, 2.24) is 4.90 Å². The van der Waals surface area contributed by atoms with Gasteiger partial charge in [-0.2, -0.15) is 5.26 Å². The highest BCUT2D eigenvalue weighted by Gasteiger charge is 2.35. The van der Waals surface area contributed by atoms with Gasteiger partial charge < -0.3 is 21.9 Å². The molecule has 0 spiro atoms. The molecule has 0 saturated carbocycles. The second-order valence-corrected chi connectivity index (χ2v) is 7.28. The first-order valence-corrected chi connectivity index (χ1v) is 8.63. The Balaban J connectivity index is 0.00000208. The first kappa shape index (κ1) is 18.7. The first-order chi connectivity index (χ1) is 11.1. The molecule has 1 aromatic rings. The molecule has 0 bridgehead atoms. The number of likely N-dealkylation sites (tertiary alicyclic amines) is 1. The monoisotopic (exact) mass is 387 g/mol. The fourth-order valence-corrected chi connectivity index (χ4v) is 3.53. The zero-order valence-electron chi connectivity index (χ0n) is 14.6. The number of hydrogen-bond donors (Lipinski definition) is 0. The summed E-state index contributed by atoms with van der Waals surface area (Å²) < 4.78 is 2.42. The Hall–Kier alpha value is -1.60. The maximum atomic E-state index is 8.91. The molecule has 4 heteroatoms. The quantitative estimate of drug-likeness (QED) is 0.714. The molecule has 0 atom stereocenters. The Bertz CT molecular complexity index is 659. The van der Waals surface area contributed by atoms with Crippen LogP contribution in [-0.4, -0.2) is 34.3 Å². The van der Waals surface area contributed by atoms with Gasteiger partial charge in [0.05, 0.1) is 18.1 Å². The summed E-state index contributed by atoms with van der Waals surface area (Å²) in [5, 5.41) is 8.91. The van der Waals surface area contributed by atoms with Crippen LogP contribution in [-0.2, 0) is 6.54 Å². The van der Waals surface area contributed by atoms with E-state index in [1.807, 2.05) is 12.1 Å². The minimum absolute atomic E-state index is 0. The number of rotatable bonds is 3. The lowest BCUT2D eigenvalue weighted by Gasteiger charge is -2.36. The zero-order valence-corrected chi connectivity index (χ0v) is 16.2. The predicted octanol–water partition coefficient (Wildman–Crippen LogP) is 0.698. The molecule has 0 amide bonds. The van der Waals surface area contributed by atoms with Crippen LogP contribution in [0.4, 0.5) is 0 Å². The number of nitrogens with zero attached hydrogens (tertiary/aromatic N) is 3. The summed E-state index contributed by atoms with van der Waals surface area (Å²) in [6.07, 6.45) is 9.69. The van der Waals surface area contributed by atoms with Crippen LogP contribution >= 0.6 is 0 Å². The minimum atomic E-state index is 0. The van der Waals surface area contributed by atoms with Gasteiger partial charge >= 0.3 is 0 Å². The molecule has 1 saturated heterocycles. The van der Waals surface area contributed by atoms with Gasteiger partial charge in [-0.05, 0) is 31.4 Å². The fraction of sp³-hybridized carbons (Fsp3) is 0.500. The molecule has 0 radical (unpaired) electrons. The number of benzene rings is 1. The van der Waals surface area contributed by atoms with Gasteiger partial charge in [-0.15, -0.1) is 0 Å². The highest BCUT2D eigenvalue weighted by atomic mass is 79.9. The molecule has 1 aromatic carbocycles. The molecule has 128 valence electrons. The summed E-state index contributed by atoms with van der Waals surface area (Å²) in [6.45, 7) is 7.97. The van der Waals surface area contributed by atoms with Crippen molar-refractivity contribution in [2.24, 2.45) is 0 Å². The first-order valence-electron chi connectivity index (χ1n) is 8.63. The van der Waals surface area contributed by atoms with Crippen molar-refractivity contribution in [3.63, 3.8) is 0 Å². The lowest BCUT2D eigenvalue weighted by molar-refractivity contribution is -0.612. The topological polar surface area (TPSA) is 30.0 Å². The Morgan fingerprint density at radius 1 is 1.12 bits per heavy atom. The summed E-state index contributed by atoms with van der Waals surface area (Å²) in [7, 11) is 0. The molecule has 0 N–H and O–H groups in total. The number of nitriles is 1. The third-order valence-electron chi connectivity index (χ3n) is 5.04. The number of hydrogen-bond acceptors (Lipinski definition) is 2. The molecule has 3 rings (SSSR count). The Morgan fingerprint density at radius 2 is 1.79 bits per heavy atom. The second-order valence-electron chi connectivity index (χ2n) is 7.28. The summed E-state index contributed by atoms with van der Waals surface area (Å²) in [4.78, 5) is 2.57. The molecule has 0 aromatic heterocycles. The molecule has 2 aliphatic heterocycles. The van der Waals surface area contributed by atoms with E-state index in [9.17, 15) is 0 Å². The molecule has 2 aliphatic rings. The van der Waals surface area contributed by atoms with E-state index in [0.29, 0.717) is 0 Å². The third-order valence-corrected chi connectivity index (χ3v) is 5.04. The predicted molar refractivity (Wildman–Crippen MR) is 93.4 cm³/mol. The van der Waals surface area contributed by atoms with Crippen LogP contribution in [0, 0.1) is 11.3 Å². The van der Waals surface area contributed by atoms with Crippen LogP contribution in [0.5, 0.6) is 0 Å². The fourth-order valence-electron chi connectivity index (χ4n) is 3.53. The summed E-state index contributed by atoms with van der Waals surface area (Å²) >= 11 is 0. The number of piperidine rings is 1. The standard InChI is InChI=1S/C20H26N3.BrH/c1-20(2)14-19(22-11-4-3-5-12-22)10-13-23(20)16-18-8-6-17(15-21)7-9-18;/h6-10,13H,3-5,11-12,14,16H2,1-2H3;1H/q+1;/p-1. The summed E-state index contributed by atoms with van der Waals surface area (Å²) in [5.41, 5.74) is 3.59. The van der Waals surface area contributed by atoms with Gasteiger partial charge in [0.15, 0.2) is 18.3 Å². The second kappa shape index (κ2) is 7.98. The van der Waals surface area contributed by atoms with Gasteiger partial charge in [-0.3, -0.25) is 0 Å². The lowest BCUT2D eigenvalue weighted by atomic mass is 9.92. The van der Waals surface area contributed by atoms with Crippen LogP contribution in [0.25, 0.3) is 0 Å². The van der Waals surface area contributed by atoms with Gasteiger partial charge in [0.1, 0.15) is 0 Å². The Kier molecular flexibility index (Phi) is 6.23. The average Bonchev–Trinajstić information content (AvgIpc) is 2.58. The van der Waals surface area contributed by atoms with Crippen LogP contribution in [0.1, 0.15) is 50.7 Å². The largest absolute Gasteiger partial charge is 1.00 e. The number of halogens is 1. The summed E-state index contributed by atoms with van der Waals surface area (Å²) in [5.74, 6) is 0. The van der Waals surface area contributed by atoms with Gasteiger partial charge in [0.2, 0.25) is 0 Å². The van der Waals surface area contributed by atoms with E-state index in [1.165, 1.54) is 43.6 Å². The molecule has 1 fully saturated rings. The Labute approximate surface area is 156 Å². The van der Waals surface area contributed by atoms with Crippen molar-refractivity contribution in [2.45, 2.75) is 51.6 Å². The molecule has 3 nitrogen and oxygen atoms in total. The highest BCUT2D eigenvalue weighted by molar-refractivity contribution is 5.68. The molecular weight excluding hydrogens is 362 g/mol. The number of allylic oxidation sites excluding steroid dienone is 1. The van der Waals surface area contributed by atoms with Crippen LogP contribution < -0.4 is 17.0 Å². The van der Waals surface area contributed by atoms with Crippen molar-refractivity contribution in [1.29, 1.82) is 5.26 Å². The van der Waals surface area contributed by atoms with Crippen molar-refractivity contribution >= 4 is 6.21 Å². The molecular formula is C20H26BrN3.